The van der Waals surface area contributed by atoms with Crippen molar-refractivity contribution < 1.29 is 17.9 Å². The number of nitrogens with zero attached hydrogens (tertiary/aromatic N) is 2. The van der Waals surface area contributed by atoms with E-state index in [-0.39, 0.29) is 29.8 Å². The first-order chi connectivity index (χ1) is 14.3. The highest BCUT2D eigenvalue weighted by Crippen LogP contribution is 2.30. The molecule has 30 heavy (non-hydrogen) atoms. The van der Waals surface area contributed by atoms with Crippen LogP contribution in [0.2, 0.25) is 0 Å². The summed E-state index contributed by atoms with van der Waals surface area (Å²) >= 11 is 0. The normalized spacial score (nSPS) is 15.4. The lowest BCUT2D eigenvalue weighted by atomic mass is 9.97. The summed E-state index contributed by atoms with van der Waals surface area (Å²) in [7, 11) is -2.24. The van der Waals surface area contributed by atoms with Gasteiger partial charge in [-0.25, -0.2) is 8.42 Å². The zero-order valence-corrected chi connectivity index (χ0v) is 17.9. The number of piperidine rings is 1. The molecule has 3 rings (SSSR count). The molecule has 0 unspecified atom stereocenters. The molecule has 0 atom stereocenters. The summed E-state index contributed by atoms with van der Waals surface area (Å²) in [6, 6.07) is 14.3. The smallest absolute Gasteiger partial charge is 0.246 e. The summed E-state index contributed by atoms with van der Waals surface area (Å²) in [6.07, 6.45) is 1.23. The molecule has 1 saturated heterocycles. The van der Waals surface area contributed by atoms with Crippen molar-refractivity contribution in [1.29, 1.82) is 5.26 Å². The number of rotatable bonds is 6. The number of aryl methyl sites for hydroxylation is 1. The van der Waals surface area contributed by atoms with Crippen LogP contribution >= 0.6 is 0 Å². The van der Waals surface area contributed by atoms with Gasteiger partial charge in [0.15, 0.2) is 0 Å². The molecule has 1 aliphatic heterocycles. The van der Waals surface area contributed by atoms with E-state index in [1.807, 2.05) is 19.1 Å². The standard InChI is InChI=1S/C22H25N3O4S/c1-16-3-8-20(29-2)21(15-16)30(27,28)25-13-10-18(11-14-25)22(26)24-19-6-4-17(5-7-19)9-12-23/h3-8,15,18H,9-11,13-14H2,1-2H3,(H,24,26). The fourth-order valence-electron chi connectivity index (χ4n) is 3.52. The number of nitriles is 1. The molecule has 1 N–H and O–H groups in total. The molecule has 0 spiro atoms. The molecule has 0 saturated carbocycles. The van der Waals surface area contributed by atoms with Crippen LogP contribution in [0, 0.1) is 24.2 Å². The first-order valence-electron chi connectivity index (χ1n) is 9.76. The topological polar surface area (TPSA) is 99.5 Å². The molecule has 1 heterocycles. The molecule has 0 radical (unpaired) electrons. The molecule has 0 bridgehead atoms. The highest BCUT2D eigenvalue weighted by molar-refractivity contribution is 7.89. The quantitative estimate of drug-likeness (QED) is 0.764. The van der Waals surface area contributed by atoms with Crippen molar-refractivity contribution in [1.82, 2.24) is 4.31 Å². The van der Waals surface area contributed by atoms with Crippen LogP contribution in [-0.2, 0) is 21.2 Å². The average Bonchev–Trinajstić information content (AvgIpc) is 2.75. The van der Waals surface area contributed by atoms with E-state index < -0.39 is 10.0 Å². The van der Waals surface area contributed by atoms with Gasteiger partial charge < -0.3 is 10.1 Å². The minimum atomic E-state index is -3.70. The zero-order chi connectivity index (χ0) is 21.7. The second-order valence-corrected chi connectivity index (χ2v) is 9.26. The van der Waals surface area contributed by atoms with Crippen molar-refractivity contribution in [2.75, 3.05) is 25.5 Å². The van der Waals surface area contributed by atoms with Gasteiger partial charge in [0.1, 0.15) is 10.6 Å². The lowest BCUT2D eigenvalue weighted by molar-refractivity contribution is -0.120. The van der Waals surface area contributed by atoms with Gasteiger partial charge in [0, 0.05) is 24.7 Å². The maximum absolute atomic E-state index is 13.1. The number of benzene rings is 2. The summed E-state index contributed by atoms with van der Waals surface area (Å²) in [4.78, 5) is 12.8. The number of carbonyl (C=O) groups excluding carboxylic acids is 1. The van der Waals surface area contributed by atoms with Gasteiger partial charge in [0.05, 0.1) is 19.6 Å². The minimum absolute atomic E-state index is 0.117. The Morgan fingerprint density at radius 2 is 1.87 bits per heavy atom. The Bertz CT molecular complexity index is 1050. The second kappa shape index (κ2) is 9.28. The van der Waals surface area contributed by atoms with Gasteiger partial charge in [0.2, 0.25) is 15.9 Å². The van der Waals surface area contributed by atoms with Crippen molar-refractivity contribution in [2.24, 2.45) is 5.92 Å². The molecule has 1 aliphatic rings. The van der Waals surface area contributed by atoms with Crippen LogP contribution in [0.4, 0.5) is 5.69 Å². The van der Waals surface area contributed by atoms with Crippen LogP contribution in [0.5, 0.6) is 5.75 Å². The van der Waals surface area contributed by atoms with Crippen LogP contribution in [0.1, 0.15) is 24.0 Å². The van der Waals surface area contributed by atoms with Gasteiger partial charge in [-0.1, -0.05) is 18.2 Å². The molecule has 0 aliphatic carbocycles. The number of ether oxygens (including phenoxy) is 1. The summed E-state index contributed by atoms with van der Waals surface area (Å²) < 4.78 is 32.8. The third kappa shape index (κ3) is 4.81. The van der Waals surface area contributed by atoms with Gasteiger partial charge in [0.25, 0.3) is 0 Å². The van der Waals surface area contributed by atoms with E-state index in [9.17, 15) is 13.2 Å². The van der Waals surface area contributed by atoms with Crippen LogP contribution in [0.3, 0.4) is 0 Å². The minimum Gasteiger partial charge on any atom is -0.495 e. The average molecular weight is 428 g/mol. The van der Waals surface area contributed by atoms with E-state index in [1.54, 1.807) is 30.3 Å². The molecular weight excluding hydrogens is 402 g/mol. The summed E-state index contributed by atoms with van der Waals surface area (Å²) in [6.45, 7) is 2.39. The predicted molar refractivity (Wildman–Crippen MR) is 114 cm³/mol. The van der Waals surface area contributed by atoms with Crippen molar-refractivity contribution in [3.8, 4) is 11.8 Å². The highest BCUT2D eigenvalue weighted by Gasteiger charge is 2.33. The number of amides is 1. The largest absolute Gasteiger partial charge is 0.495 e. The molecular formula is C22H25N3O4S. The Labute approximate surface area is 177 Å². The maximum atomic E-state index is 13.1. The van der Waals surface area contributed by atoms with Gasteiger partial charge in [-0.05, 0) is 55.2 Å². The van der Waals surface area contributed by atoms with Crippen molar-refractivity contribution in [3.63, 3.8) is 0 Å². The molecule has 7 nitrogen and oxygen atoms in total. The molecule has 0 aromatic heterocycles. The van der Waals surface area contributed by atoms with Gasteiger partial charge in [-0.3, -0.25) is 4.79 Å². The Morgan fingerprint density at radius 1 is 1.20 bits per heavy atom. The van der Waals surface area contributed by atoms with Crippen molar-refractivity contribution >= 4 is 21.6 Å². The van der Waals surface area contributed by atoms with Gasteiger partial charge in [-0.2, -0.15) is 9.57 Å². The van der Waals surface area contributed by atoms with E-state index in [0.717, 1.165) is 11.1 Å². The number of hydrogen-bond acceptors (Lipinski definition) is 5. The van der Waals surface area contributed by atoms with Crippen LogP contribution in [0.25, 0.3) is 0 Å². The maximum Gasteiger partial charge on any atom is 0.246 e. The lowest BCUT2D eigenvalue weighted by Crippen LogP contribution is -2.41. The Hall–Kier alpha value is -2.89. The monoisotopic (exact) mass is 427 g/mol. The van der Waals surface area contributed by atoms with Crippen LogP contribution in [0.15, 0.2) is 47.4 Å². The number of sulfonamides is 1. The Morgan fingerprint density at radius 3 is 2.47 bits per heavy atom. The van der Waals surface area contributed by atoms with Crippen LogP contribution in [-0.4, -0.2) is 38.8 Å². The molecule has 2 aromatic rings. The van der Waals surface area contributed by atoms with Gasteiger partial charge in [-0.15, -0.1) is 0 Å². The first kappa shape index (κ1) is 21.8. The molecule has 8 heteroatoms. The second-order valence-electron chi connectivity index (χ2n) is 7.35. The Kier molecular flexibility index (Phi) is 6.75. The number of hydrogen-bond donors (Lipinski definition) is 1. The molecule has 1 fully saturated rings. The number of carbonyl (C=O) groups is 1. The van der Waals surface area contributed by atoms with E-state index in [0.29, 0.717) is 30.7 Å². The van der Waals surface area contributed by atoms with Gasteiger partial charge >= 0.3 is 0 Å². The van der Waals surface area contributed by atoms with E-state index in [1.165, 1.54) is 11.4 Å². The molecule has 1 amide bonds. The van der Waals surface area contributed by atoms with E-state index in [2.05, 4.69) is 11.4 Å². The van der Waals surface area contributed by atoms with Crippen molar-refractivity contribution in [2.45, 2.75) is 31.1 Å². The van der Waals surface area contributed by atoms with E-state index >= 15 is 0 Å². The Balaban J connectivity index is 1.63. The lowest BCUT2D eigenvalue weighted by Gasteiger charge is -2.31. The third-order valence-electron chi connectivity index (χ3n) is 5.27. The third-order valence-corrected chi connectivity index (χ3v) is 7.19. The number of nitrogens with one attached hydrogen (secondary N) is 1. The first-order valence-corrected chi connectivity index (χ1v) is 11.2. The summed E-state index contributed by atoms with van der Waals surface area (Å²) in [5, 5.41) is 11.6. The fourth-order valence-corrected chi connectivity index (χ4v) is 5.23. The molecule has 2 aromatic carbocycles. The predicted octanol–water partition coefficient (Wildman–Crippen LogP) is 3.11. The van der Waals surface area contributed by atoms with Crippen LogP contribution < -0.4 is 10.1 Å². The van der Waals surface area contributed by atoms with E-state index in [4.69, 9.17) is 10.00 Å². The summed E-state index contributed by atoms with van der Waals surface area (Å²) in [5.74, 6) is -0.0526. The number of methoxy groups -OCH3 is 1. The zero-order valence-electron chi connectivity index (χ0n) is 17.1. The van der Waals surface area contributed by atoms with Crippen molar-refractivity contribution in [3.05, 3.63) is 53.6 Å². The summed E-state index contributed by atoms with van der Waals surface area (Å²) in [5.41, 5.74) is 2.39. The number of anilines is 1. The SMILES string of the molecule is COc1ccc(C)cc1S(=O)(=O)N1CCC(C(=O)Nc2ccc(CC#N)cc2)CC1. The molecule has 158 valence electrons. The highest BCUT2D eigenvalue weighted by atomic mass is 32.2. The fraction of sp³-hybridized carbons (Fsp3) is 0.364.